The summed E-state index contributed by atoms with van der Waals surface area (Å²) in [5.74, 6) is 0.111. The van der Waals surface area contributed by atoms with E-state index in [0.29, 0.717) is 18.2 Å². The molecule has 0 radical (unpaired) electrons. The molecule has 22 heavy (non-hydrogen) atoms. The van der Waals surface area contributed by atoms with Gasteiger partial charge >= 0.3 is 11.9 Å². The van der Waals surface area contributed by atoms with Crippen LogP contribution in [0.1, 0.15) is 30.0 Å². The van der Waals surface area contributed by atoms with Gasteiger partial charge in [-0.3, -0.25) is 9.88 Å². The predicted molar refractivity (Wildman–Crippen MR) is 81.2 cm³/mol. The maximum absolute atomic E-state index is 9.55. The Morgan fingerprint density at radius 2 is 2.00 bits per heavy atom. The number of carbonyl (C=O) groups is 2. The number of rotatable bonds is 3. The number of hydrogen-bond donors (Lipinski definition) is 2. The van der Waals surface area contributed by atoms with Gasteiger partial charge in [0.15, 0.2) is 0 Å². The highest BCUT2D eigenvalue weighted by atomic mass is 16.4. The van der Waals surface area contributed by atoms with Gasteiger partial charge in [-0.1, -0.05) is 5.92 Å². The molecule has 116 valence electrons. The van der Waals surface area contributed by atoms with Crippen molar-refractivity contribution in [1.82, 2.24) is 9.88 Å². The van der Waals surface area contributed by atoms with Crippen molar-refractivity contribution in [2.24, 2.45) is 0 Å². The molecule has 1 aliphatic rings. The first-order valence-electron chi connectivity index (χ1n) is 6.69. The van der Waals surface area contributed by atoms with E-state index in [2.05, 4.69) is 28.9 Å². The van der Waals surface area contributed by atoms with Gasteiger partial charge in [0, 0.05) is 36.2 Å². The highest BCUT2D eigenvalue weighted by molar-refractivity contribution is 5.89. The lowest BCUT2D eigenvalue weighted by atomic mass is 10.1. The van der Waals surface area contributed by atoms with Crippen LogP contribution in [0.3, 0.4) is 0 Å². The standard InChI is InChI=1S/C12H14N2.C4H4O4/c1-3-10-7-11(9-13-8-10)12-5-4-6-14(12)2;5-3(6)1-2-4(7)8/h1,7-9,12H,4-6H2,2H3;1-2H,(H,5,6)(H,7,8)/b;2-1+/t12-;/m0./s1. The topological polar surface area (TPSA) is 90.7 Å². The molecule has 0 unspecified atom stereocenters. The molecule has 0 aromatic carbocycles. The molecular weight excluding hydrogens is 284 g/mol. The van der Waals surface area contributed by atoms with E-state index >= 15 is 0 Å². The van der Waals surface area contributed by atoms with Gasteiger partial charge in [0.25, 0.3) is 0 Å². The second-order valence-electron chi connectivity index (χ2n) is 4.80. The molecule has 1 aliphatic heterocycles. The fourth-order valence-electron chi connectivity index (χ4n) is 2.19. The number of hydrogen-bond acceptors (Lipinski definition) is 4. The lowest BCUT2D eigenvalue weighted by Crippen LogP contribution is -2.17. The van der Waals surface area contributed by atoms with Crippen molar-refractivity contribution in [3.63, 3.8) is 0 Å². The van der Waals surface area contributed by atoms with Gasteiger partial charge in [-0.2, -0.15) is 0 Å². The van der Waals surface area contributed by atoms with Gasteiger partial charge in [0.1, 0.15) is 0 Å². The van der Waals surface area contributed by atoms with Crippen molar-refractivity contribution in [3.8, 4) is 12.3 Å². The number of nitrogens with zero attached hydrogens (tertiary/aromatic N) is 2. The lowest BCUT2D eigenvalue weighted by Gasteiger charge is -2.19. The fraction of sp³-hybridized carbons (Fsp3) is 0.312. The first kappa shape index (κ1) is 17.4. The van der Waals surface area contributed by atoms with Gasteiger partial charge in [0.05, 0.1) is 0 Å². The summed E-state index contributed by atoms with van der Waals surface area (Å²) < 4.78 is 0. The number of pyridine rings is 1. The van der Waals surface area contributed by atoms with Crippen LogP contribution >= 0.6 is 0 Å². The van der Waals surface area contributed by atoms with Crippen LogP contribution < -0.4 is 0 Å². The van der Waals surface area contributed by atoms with Gasteiger partial charge in [0.2, 0.25) is 0 Å². The maximum atomic E-state index is 9.55. The van der Waals surface area contributed by atoms with Gasteiger partial charge < -0.3 is 10.2 Å². The average Bonchev–Trinajstić information content (AvgIpc) is 2.92. The first-order chi connectivity index (χ1) is 10.4. The van der Waals surface area contributed by atoms with E-state index < -0.39 is 11.9 Å². The molecule has 0 amide bonds. The molecule has 2 rings (SSSR count). The Morgan fingerprint density at radius 3 is 2.45 bits per heavy atom. The van der Waals surface area contributed by atoms with Crippen molar-refractivity contribution in [1.29, 1.82) is 0 Å². The molecule has 1 aromatic heterocycles. The molecule has 1 atom stereocenters. The molecule has 6 nitrogen and oxygen atoms in total. The summed E-state index contributed by atoms with van der Waals surface area (Å²) in [6.07, 6.45) is 12.6. The van der Waals surface area contributed by atoms with Gasteiger partial charge in [-0.05, 0) is 38.1 Å². The van der Waals surface area contributed by atoms with E-state index in [9.17, 15) is 9.59 Å². The number of carboxylic acids is 2. The van der Waals surface area contributed by atoms with E-state index in [1.54, 1.807) is 6.20 Å². The molecule has 1 saturated heterocycles. The Morgan fingerprint density at radius 1 is 1.36 bits per heavy atom. The first-order valence-corrected chi connectivity index (χ1v) is 6.69. The number of aromatic nitrogens is 1. The zero-order chi connectivity index (χ0) is 16.5. The monoisotopic (exact) mass is 302 g/mol. The summed E-state index contributed by atoms with van der Waals surface area (Å²) in [7, 11) is 2.15. The molecule has 0 saturated carbocycles. The third kappa shape index (κ3) is 5.77. The Bertz CT molecular complexity index is 588. The molecule has 6 heteroatoms. The summed E-state index contributed by atoms with van der Waals surface area (Å²) in [6.45, 7) is 1.17. The van der Waals surface area contributed by atoms with Crippen LogP contribution in [0.2, 0.25) is 0 Å². The van der Waals surface area contributed by atoms with Gasteiger partial charge in [-0.15, -0.1) is 6.42 Å². The van der Waals surface area contributed by atoms with Crippen LogP contribution in [0.25, 0.3) is 0 Å². The number of likely N-dealkylation sites (tertiary alicyclic amines) is 1. The second-order valence-corrected chi connectivity index (χ2v) is 4.80. The number of carboxylic acid groups (broad SMARTS) is 2. The maximum Gasteiger partial charge on any atom is 0.328 e. The van der Waals surface area contributed by atoms with Gasteiger partial charge in [-0.25, -0.2) is 9.59 Å². The molecular formula is C16H18N2O4. The molecule has 0 spiro atoms. The average molecular weight is 302 g/mol. The van der Waals surface area contributed by atoms with Crippen molar-refractivity contribution in [2.75, 3.05) is 13.6 Å². The molecule has 2 N–H and O–H groups in total. The molecule has 1 fully saturated rings. The van der Waals surface area contributed by atoms with Crippen molar-refractivity contribution in [3.05, 3.63) is 41.7 Å². The third-order valence-electron chi connectivity index (χ3n) is 3.20. The smallest absolute Gasteiger partial charge is 0.328 e. The van der Waals surface area contributed by atoms with E-state index in [1.165, 1.54) is 24.9 Å². The van der Waals surface area contributed by atoms with Crippen LogP contribution in [0.5, 0.6) is 0 Å². The lowest BCUT2D eigenvalue weighted by molar-refractivity contribution is -0.134. The molecule has 1 aromatic rings. The second kappa shape index (κ2) is 8.60. The van der Waals surface area contributed by atoms with E-state index in [4.69, 9.17) is 16.6 Å². The summed E-state index contributed by atoms with van der Waals surface area (Å²) in [6, 6.07) is 2.58. The van der Waals surface area contributed by atoms with Crippen LogP contribution in [0.15, 0.2) is 30.6 Å². The van der Waals surface area contributed by atoms with Crippen molar-refractivity contribution in [2.45, 2.75) is 18.9 Å². The molecule has 2 heterocycles. The minimum atomic E-state index is -1.26. The Labute approximate surface area is 129 Å². The minimum absolute atomic E-state index is 0.510. The predicted octanol–water partition coefficient (Wildman–Crippen LogP) is 1.54. The van der Waals surface area contributed by atoms with Crippen LogP contribution in [0, 0.1) is 12.3 Å². The SMILES string of the molecule is C#Cc1cncc([C@@H]2CCCN2C)c1.O=C(O)/C=C/C(=O)O. The highest BCUT2D eigenvalue weighted by Gasteiger charge is 2.22. The van der Waals surface area contributed by atoms with Crippen molar-refractivity contribution < 1.29 is 19.8 Å². The summed E-state index contributed by atoms with van der Waals surface area (Å²) in [5, 5.41) is 15.6. The van der Waals surface area contributed by atoms with Crippen LogP contribution in [-0.4, -0.2) is 45.6 Å². The van der Waals surface area contributed by atoms with Crippen LogP contribution in [-0.2, 0) is 9.59 Å². The van der Waals surface area contributed by atoms with E-state index in [0.717, 1.165) is 5.56 Å². The zero-order valence-electron chi connectivity index (χ0n) is 12.3. The minimum Gasteiger partial charge on any atom is -0.478 e. The highest BCUT2D eigenvalue weighted by Crippen LogP contribution is 2.29. The quantitative estimate of drug-likeness (QED) is 0.650. The van der Waals surface area contributed by atoms with Crippen LogP contribution in [0.4, 0.5) is 0 Å². The summed E-state index contributed by atoms with van der Waals surface area (Å²) in [4.78, 5) is 25.6. The number of terminal acetylenes is 1. The van der Waals surface area contributed by atoms with Crippen molar-refractivity contribution >= 4 is 11.9 Å². The largest absolute Gasteiger partial charge is 0.478 e. The number of aliphatic carboxylic acids is 2. The third-order valence-corrected chi connectivity index (χ3v) is 3.20. The van der Waals surface area contributed by atoms with E-state index in [-0.39, 0.29) is 0 Å². The Kier molecular flexibility index (Phi) is 6.80. The normalized spacial score (nSPS) is 17.5. The Balaban J connectivity index is 0.000000261. The summed E-state index contributed by atoms with van der Waals surface area (Å²) >= 11 is 0. The molecule has 0 bridgehead atoms. The summed E-state index contributed by atoms with van der Waals surface area (Å²) in [5.41, 5.74) is 2.13. The fourth-order valence-corrected chi connectivity index (χ4v) is 2.19. The molecule has 0 aliphatic carbocycles. The zero-order valence-corrected chi connectivity index (χ0v) is 12.3. The Hall–Kier alpha value is -2.65. The van der Waals surface area contributed by atoms with E-state index in [1.807, 2.05) is 6.20 Å².